The van der Waals surface area contributed by atoms with Gasteiger partial charge in [-0.05, 0) is 64.7 Å². The molecule has 5 aliphatic heterocycles. The zero-order valence-electron chi connectivity index (χ0n) is 37.2. The predicted molar refractivity (Wildman–Crippen MR) is 247 cm³/mol. The van der Waals surface area contributed by atoms with E-state index in [-0.39, 0.29) is 76.2 Å². The predicted octanol–water partition coefficient (Wildman–Crippen LogP) is 6.83. The number of hydrogen-bond donors (Lipinski definition) is 0. The first kappa shape index (κ1) is 43.8. The third kappa shape index (κ3) is 8.59. The van der Waals surface area contributed by atoms with Crippen LogP contribution in [-0.4, -0.2) is 93.2 Å². The molecule has 2 atom stereocenters. The van der Waals surface area contributed by atoms with Gasteiger partial charge in [-0.25, -0.2) is 4.79 Å². The highest BCUT2D eigenvalue weighted by Gasteiger charge is 2.38. The van der Waals surface area contributed by atoms with Gasteiger partial charge in [-0.2, -0.15) is 0 Å². The minimum absolute atomic E-state index is 0.00492. The maximum absolute atomic E-state index is 14.0. The highest BCUT2D eigenvalue weighted by atomic mass is 16.7. The fourth-order valence-corrected chi connectivity index (χ4v) is 8.96. The van der Waals surface area contributed by atoms with Crippen LogP contribution in [0.2, 0.25) is 0 Å². The van der Waals surface area contributed by atoms with Gasteiger partial charge in [0.1, 0.15) is 25.6 Å². The molecule has 4 amide bonds. The van der Waals surface area contributed by atoms with Crippen molar-refractivity contribution in [3.8, 4) is 28.7 Å². The molecule has 5 aliphatic rings. The number of ether oxygens (including phenoxy) is 6. The van der Waals surface area contributed by atoms with Crippen molar-refractivity contribution in [2.24, 2.45) is 9.98 Å². The highest BCUT2D eigenvalue weighted by Crippen LogP contribution is 2.43. The quantitative estimate of drug-likeness (QED) is 0.0744. The van der Waals surface area contributed by atoms with Crippen LogP contribution in [0.1, 0.15) is 62.2 Å². The Morgan fingerprint density at radius 3 is 1.63 bits per heavy atom. The molecule has 5 aromatic carbocycles. The molecule has 0 spiro atoms. The fourth-order valence-electron chi connectivity index (χ4n) is 8.96. The van der Waals surface area contributed by atoms with Crippen molar-refractivity contribution in [1.29, 1.82) is 0 Å². The lowest BCUT2D eigenvalue weighted by atomic mass is 10.1. The molecule has 0 saturated carbocycles. The first-order valence-electron chi connectivity index (χ1n) is 22.2. The van der Waals surface area contributed by atoms with Crippen LogP contribution >= 0.6 is 0 Å². The van der Waals surface area contributed by atoms with E-state index in [1.54, 1.807) is 46.5 Å². The summed E-state index contributed by atoms with van der Waals surface area (Å²) in [6.07, 6.45) is 4.76. The summed E-state index contributed by atoms with van der Waals surface area (Å²) in [6, 6.07) is 27.5. The molecule has 0 aliphatic carbocycles. The Morgan fingerprint density at radius 2 is 1.12 bits per heavy atom. The number of hydroxylamine groups is 2. The average Bonchev–Trinajstić information content (AvgIpc) is 3.97. The monoisotopic (exact) mass is 919 g/mol. The average molecular weight is 920 g/mol. The number of para-hydroxylation sites is 2. The van der Waals surface area contributed by atoms with E-state index in [1.165, 1.54) is 14.2 Å². The van der Waals surface area contributed by atoms with E-state index in [0.29, 0.717) is 80.3 Å². The molecule has 346 valence electrons. The maximum atomic E-state index is 14.0. The number of nitrogens with zero attached hydrogens (tertiary/aromatic N) is 5. The Hall–Kier alpha value is -8.05. The van der Waals surface area contributed by atoms with Gasteiger partial charge in [0.05, 0.1) is 68.4 Å². The summed E-state index contributed by atoms with van der Waals surface area (Å²) in [4.78, 5) is 81.7. The van der Waals surface area contributed by atoms with Crippen molar-refractivity contribution in [2.45, 2.75) is 57.4 Å². The molecule has 1 fully saturated rings. The van der Waals surface area contributed by atoms with Crippen molar-refractivity contribution >= 4 is 64.8 Å². The molecule has 0 N–H and O–H groups in total. The van der Waals surface area contributed by atoms with Crippen molar-refractivity contribution in [3.63, 3.8) is 0 Å². The standard InChI is InChI=1S/C51H45N5O12/c1-62-43-22-37-39(52-26-34-20-32-7-3-5-9-41(32)54(34)50(37)60)24-45(43)66-28-30-17-31(19-36(18-30)65-16-15-64-14-13-49(59)68-56-47(57)11-12-48(56)58)29-67-46-25-40-38(23-44(46)63-2)51(61)55-35(27-53-40)21-33-8-4-6-10-42(33)55/h3-10,17-19,22-27,34-35H,11-16,20-21,28-29H2,1-2H3/t34-,35-/m0/s1. The number of imide groups is 1. The third-order valence-electron chi connectivity index (χ3n) is 12.2. The molecule has 68 heavy (non-hydrogen) atoms. The normalized spacial score (nSPS) is 17.4. The van der Waals surface area contributed by atoms with Crippen LogP contribution in [0, 0.1) is 0 Å². The van der Waals surface area contributed by atoms with E-state index in [9.17, 15) is 24.0 Å². The van der Waals surface area contributed by atoms with Crippen molar-refractivity contribution in [3.05, 3.63) is 124 Å². The van der Waals surface area contributed by atoms with Crippen LogP contribution in [0.25, 0.3) is 0 Å². The smallest absolute Gasteiger partial charge is 0.335 e. The number of fused-ring (bicyclic) bond motifs is 8. The first-order chi connectivity index (χ1) is 33.1. The molecule has 0 aromatic heterocycles. The van der Waals surface area contributed by atoms with Gasteiger partial charge in [-0.3, -0.25) is 39.0 Å². The number of carbonyl (C=O) groups excluding carboxylic acids is 5. The zero-order valence-corrected chi connectivity index (χ0v) is 37.2. The minimum Gasteiger partial charge on any atom is -0.493 e. The number of anilines is 2. The van der Waals surface area contributed by atoms with Gasteiger partial charge in [0.2, 0.25) is 0 Å². The molecule has 10 rings (SSSR count). The SMILES string of the molecule is COc1cc2c(cc1OCc1cc(COc3cc4c(cc3OC)C(=O)N3c5ccccc5C[C@H]3C=N4)cc(OCCOCCC(=O)ON3C(=O)CCC3=O)c1)N=C[C@@H]1Cc3ccccc3N1C2=O. The molecule has 5 aromatic rings. The number of hydrogen-bond acceptors (Lipinski definition) is 14. The van der Waals surface area contributed by atoms with Crippen molar-refractivity contribution in [1.82, 2.24) is 5.06 Å². The zero-order chi connectivity index (χ0) is 46.9. The van der Waals surface area contributed by atoms with Gasteiger partial charge in [-0.1, -0.05) is 36.4 Å². The lowest BCUT2D eigenvalue weighted by Gasteiger charge is -2.22. The van der Waals surface area contributed by atoms with Crippen LogP contribution in [0.3, 0.4) is 0 Å². The van der Waals surface area contributed by atoms with Gasteiger partial charge in [0.25, 0.3) is 23.6 Å². The summed E-state index contributed by atoms with van der Waals surface area (Å²) >= 11 is 0. The number of methoxy groups -OCH3 is 2. The number of benzene rings is 5. The van der Waals surface area contributed by atoms with Crippen molar-refractivity contribution in [2.75, 3.05) is 43.8 Å². The third-order valence-corrected chi connectivity index (χ3v) is 12.2. The Balaban J connectivity index is 0.856. The second kappa shape index (κ2) is 18.7. The Bertz CT molecular complexity index is 2760. The lowest BCUT2D eigenvalue weighted by Crippen LogP contribution is -2.37. The topological polar surface area (TPSA) is 184 Å². The molecule has 17 nitrogen and oxygen atoms in total. The molecule has 17 heteroatoms. The van der Waals surface area contributed by atoms with Crippen LogP contribution in [0.15, 0.2) is 101 Å². The van der Waals surface area contributed by atoms with Crippen molar-refractivity contribution < 1.29 is 57.2 Å². The molecule has 0 unspecified atom stereocenters. The second-order valence-electron chi connectivity index (χ2n) is 16.6. The van der Waals surface area contributed by atoms with Crippen LogP contribution in [0.4, 0.5) is 22.7 Å². The van der Waals surface area contributed by atoms with E-state index in [1.807, 2.05) is 66.7 Å². The van der Waals surface area contributed by atoms with Crippen LogP contribution < -0.4 is 33.5 Å². The summed E-state index contributed by atoms with van der Waals surface area (Å²) in [7, 11) is 3.02. The molecule has 1 saturated heterocycles. The fraction of sp³-hybridized carbons (Fsp3) is 0.275. The van der Waals surface area contributed by atoms with Gasteiger partial charge in [-0.15, -0.1) is 5.06 Å². The van der Waals surface area contributed by atoms with E-state index in [2.05, 4.69) is 0 Å². The van der Waals surface area contributed by atoms with E-state index in [0.717, 1.165) is 22.5 Å². The van der Waals surface area contributed by atoms with E-state index < -0.39 is 17.8 Å². The summed E-state index contributed by atoms with van der Waals surface area (Å²) in [5.41, 5.74) is 7.00. The van der Waals surface area contributed by atoms with Gasteiger partial charge in [0, 0.05) is 61.6 Å². The maximum Gasteiger partial charge on any atom is 0.335 e. The van der Waals surface area contributed by atoms with Crippen LogP contribution in [0.5, 0.6) is 28.7 Å². The number of carbonyl (C=O) groups is 5. The molecule has 5 heterocycles. The molecular weight excluding hydrogens is 875 g/mol. The lowest BCUT2D eigenvalue weighted by molar-refractivity contribution is -0.198. The van der Waals surface area contributed by atoms with Gasteiger partial charge >= 0.3 is 5.97 Å². The summed E-state index contributed by atoms with van der Waals surface area (Å²) < 4.78 is 36.0. The van der Waals surface area contributed by atoms with Gasteiger partial charge < -0.3 is 33.3 Å². The minimum atomic E-state index is -0.766. The summed E-state index contributed by atoms with van der Waals surface area (Å²) in [5, 5.41) is 0.503. The number of amides is 4. The first-order valence-corrected chi connectivity index (χ1v) is 22.2. The van der Waals surface area contributed by atoms with E-state index >= 15 is 0 Å². The summed E-state index contributed by atoms with van der Waals surface area (Å²) in [6.45, 7) is 0.286. The Labute approximate surface area is 390 Å². The Kier molecular flexibility index (Phi) is 12.0. The molecule has 0 bridgehead atoms. The molecule has 0 radical (unpaired) electrons. The van der Waals surface area contributed by atoms with Gasteiger partial charge in [0.15, 0.2) is 23.0 Å². The molecular formula is C51H45N5O12. The number of aliphatic imine (C=N–C) groups is 2. The largest absolute Gasteiger partial charge is 0.493 e. The summed E-state index contributed by atoms with van der Waals surface area (Å²) in [5.74, 6) is -0.303. The number of rotatable bonds is 16. The second-order valence-corrected chi connectivity index (χ2v) is 16.6. The Morgan fingerprint density at radius 1 is 0.603 bits per heavy atom. The van der Waals surface area contributed by atoms with Crippen LogP contribution in [-0.2, 0) is 50.0 Å². The highest BCUT2D eigenvalue weighted by molar-refractivity contribution is 6.16. The van der Waals surface area contributed by atoms with E-state index in [4.69, 9.17) is 43.2 Å².